The van der Waals surface area contributed by atoms with E-state index >= 15 is 0 Å². The lowest BCUT2D eigenvalue weighted by molar-refractivity contribution is -0.114. The number of carbonyl (C=O) groups excluding carboxylic acids is 2. The summed E-state index contributed by atoms with van der Waals surface area (Å²) in [6.07, 6.45) is 0. The van der Waals surface area contributed by atoms with Gasteiger partial charge in [0.05, 0.1) is 11.0 Å². The summed E-state index contributed by atoms with van der Waals surface area (Å²) in [6.45, 7) is 3.11. The first-order chi connectivity index (χ1) is 15.9. The zero-order chi connectivity index (χ0) is 23.4. The molecule has 168 valence electrons. The fourth-order valence-corrected chi connectivity index (χ4v) is 3.65. The van der Waals surface area contributed by atoms with Crippen molar-refractivity contribution in [1.82, 2.24) is 14.5 Å². The molecule has 0 fully saturated rings. The smallest absolute Gasteiger partial charge is 0.255 e. The van der Waals surface area contributed by atoms with Crippen LogP contribution in [0.3, 0.4) is 0 Å². The van der Waals surface area contributed by atoms with Gasteiger partial charge in [-0.3, -0.25) is 9.59 Å². The number of benzene rings is 3. The topological polar surface area (TPSA) is 79.3 Å². The summed E-state index contributed by atoms with van der Waals surface area (Å²) in [7, 11) is 4.08. The second-order valence-corrected chi connectivity index (χ2v) is 8.17. The molecule has 1 aromatic heterocycles. The minimum Gasteiger partial charge on any atom is -0.326 e. The van der Waals surface area contributed by atoms with Crippen molar-refractivity contribution in [3.05, 3.63) is 78.4 Å². The van der Waals surface area contributed by atoms with Gasteiger partial charge in [-0.05, 0) is 68.7 Å². The van der Waals surface area contributed by atoms with Gasteiger partial charge < -0.3 is 20.1 Å². The van der Waals surface area contributed by atoms with Crippen molar-refractivity contribution < 1.29 is 9.59 Å². The van der Waals surface area contributed by atoms with Crippen LogP contribution in [0.4, 0.5) is 11.4 Å². The number of anilines is 2. The highest BCUT2D eigenvalue weighted by molar-refractivity contribution is 6.05. The number of hydrogen-bond acceptors (Lipinski definition) is 4. The molecule has 0 spiro atoms. The van der Waals surface area contributed by atoms with Gasteiger partial charge in [0, 0.05) is 42.5 Å². The third kappa shape index (κ3) is 5.27. The molecule has 3 aromatic carbocycles. The summed E-state index contributed by atoms with van der Waals surface area (Å²) in [5, 5.41) is 5.75. The van der Waals surface area contributed by atoms with Gasteiger partial charge in [-0.15, -0.1) is 0 Å². The fraction of sp³-hybridized carbons (Fsp3) is 0.192. The van der Waals surface area contributed by atoms with Crippen LogP contribution in [0.5, 0.6) is 0 Å². The maximum atomic E-state index is 12.6. The SMILES string of the molecule is CC(=O)Nc1ccc(-c2nc3cc(NC(=O)c4ccccc4)ccc3n2CCN(C)C)cc1. The summed E-state index contributed by atoms with van der Waals surface area (Å²) in [4.78, 5) is 30.9. The molecule has 0 saturated heterocycles. The second-order valence-electron chi connectivity index (χ2n) is 8.17. The molecule has 0 radical (unpaired) electrons. The standard InChI is InChI=1S/C26H27N5O2/c1-18(32)27-21-11-9-19(10-12-21)25-29-23-17-22(28-26(33)20-7-5-4-6-8-20)13-14-24(23)31(25)16-15-30(2)3/h4-14,17H,15-16H2,1-3H3,(H,27,32)(H,28,33). The number of amides is 2. The highest BCUT2D eigenvalue weighted by Gasteiger charge is 2.15. The maximum Gasteiger partial charge on any atom is 0.255 e. The molecule has 7 heteroatoms. The quantitative estimate of drug-likeness (QED) is 0.443. The van der Waals surface area contributed by atoms with Gasteiger partial charge in [0.2, 0.25) is 5.91 Å². The molecule has 4 aromatic rings. The lowest BCUT2D eigenvalue weighted by atomic mass is 10.2. The Morgan fingerprint density at radius 1 is 0.909 bits per heavy atom. The Balaban J connectivity index is 1.68. The molecule has 0 aliphatic rings. The van der Waals surface area contributed by atoms with E-state index in [4.69, 9.17) is 4.98 Å². The van der Waals surface area contributed by atoms with E-state index in [-0.39, 0.29) is 11.8 Å². The Morgan fingerprint density at radius 2 is 1.61 bits per heavy atom. The number of fused-ring (bicyclic) bond motifs is 1. The monoisotopic (exact) mass is 441 g/mol. The number of carbonyl (C=O) groups is 2. The lowest BCUT2D eigenvalue weighted by Gasteiger charge is -2.14. The summed E-state index contributed by atoms with van der Waals surface area (Å²) < 4.78 is 2.19. The van der Waals surface area contributed by atoms with Gasteiger partial charge in [0.1, 0.15) is 5.82 Å². The Morgan fingerprint density at radius 3 is 2.27 bits per heavy atom. The average molecular weight is 442 g/mol. The third-order valence-electron chi connectivity index (χ3n) is 5.28. The van der Waals surface area contributed by atoms with E-state index in [2.05, 4.69) is 20.1 Å². The number of rotatable bonds is 7. The van der Waals surface area contributed by atoms with Crippen molar-refractivity contribution in [2.75, 3.05) is 31.3 Å². The molecule has 1 heterocycles. The van der Waals surface area contributed by atoms with Crippen molar-refractivity contribution >= 4 is 34.2 Å². The van der Waals surface area contributed by atoms with Gasteiger partial charge in [-0.2, -0.15) is 0 Å². The number of imidazole rings is 1. The number of likely N-dealkylation sites (N-methyl/N-ethyl adjacent to an activating group) is 1. The molecule has 0 atom stereocenters. The van der Waals surface area contributed by atoms with Gasteiger partial charge in [0.15, 0.2) is 0 Å². The summed E-state index contributed by atoms with van der Waals surface area (Å²) in [5.74, 6) is 0.578. The maximum absolute atomic E-state index is 12.6. The van der Waals surface area contributed by atoms with Crippen molar-refractivity contribution in [2.24, 2.45) is 0 Å². The van der Waals surface area contributed by atoms with Gasteiger partial charge in [0.25, 0.3) is 5.91 Å². The summed E-state index contributed by atoms with van der Waals surface area (Å²) in [6, 6.07) is 22.6. The minimum absolute atomic E-state index is 0.106. The fourth-order valence-electron chi connectivity index (χ4n) is 3.65. The number of aromatic nitrogens is 2. The van der Waals surface area contributed by atoms with E-state index < -0.39 is 0 Å². The van der Waals surface area contributed by atoms with Crippen molar-refractivity contribution in [1.29, 1.82) is 0 Å². The molecule has 7 nitrogen and oxygen atoms in total. The van der Waals surface area contributed by atoms with E-state index in [0.717, 1.165) is 41.2 Å². The van der Waals surface area contributed by atoms with Crippen LogP contribution in [0.1, 0.15) is 17.3 Å². The van der Waals surface area contributed by atoms with Gasteiger partial charge in [-0.25, -0.2) is 4.98 Å². The van der Waals surface area contributed by atoms with Crippen LogP contribution in [0, 0.1) is 0 Å². The normalized spacial score (nSPS) is 11.0. The average Bonchev–Trinajstić information content (AvgIpc) is 3.16. The predicted octanol–water partition coefficient (Wildman–Crippen LogP) is 4.48. The molecular formula is C26H27N5O2. The van der Waals surface area contributed by atoms with Crippen LogP contribution in [-0.2, 0) is 11.3 Å². The van der Waals surface area contributed by atoms with Gasteiger partial charge in [-0.1, -0.05) is 18.2 Å². The van der Waals surface area contributed by atoms with Crippen LogP contribution >= 0.6 is 0 Å². The zero-order valence-electron chi connectivity index (χ0n) is 19.0. The molecule has 0 saturated carbocycles. The first-order valence-electron chi connectivity index (χ1n) is 10.8. The van der Waals surface area contributed by atoms with Crippen LogP contribution in [0.15, 0.2) is 72.8 Å². The van der Waals surface area contributed by atoms with Crippen LogP contribution in [0.2, 0.25) is 0 Å². The molecule has 0 unspecified atom stereocenters. The first kappa shape index (κ1) is 22.2. The highest BCUT2D eigenvalue weighted by Crippen LogP contribution is 2.28. The molecule has 4 rings (SSSR count). The number of nitrogens with one attached hydrogen (secondary N) is 2. The predicted molar refractivity (Wildman–Crippen MR) is 132 cm³/mol. The van der Waals surface area contributed by atoms with E-state index in [1.54, 1.807) is 12.1 Å². The van der Waals surface area contributed by atoms with E-state index in [1.165, 1.54) is 6.92 Å². The third-order valence-corrected chi connectivity index (χ3v) is 5.28. The second kappa shape index (κ2) is 9.67. The highest BCUT2D eigenvalue weighted by atomic mass is 16.2. The molecule has 0 aliphatic carbocycles. The van der Waals surface area contributed by atoms with Crippen molar-refractivity contribution in [3.8, 4) is 11.4 Å². The number of hydrogen-bond donors (Lipinski definition) is 2. The molecule has 2 N–H and O–H groups in total. The minimum atomic E-state index is -0.157. The summed E-state index contributed by atoms with van der Waals surface area (Å²) >= 11 is 0. The van der Waals surface area contributed by atoms with Crippen LogP contribution in [-0.4, -0.2) is 46.9 Å². The molecule has 2 amide bonds. The Bertz CT molecular complexity index is 1280. The Kier molecular flexibility index (Phi) is 6.51. The van der Waals surface area contributed by atoms with Crippen LogP contribution in [0.25, 0.3) is 22.4 Å². The van der Waals surface area contributed by atoms with E-state index in [9.17, 15) is 9.59 Å². The first-order valence-corrected chi connectivity index (χ1v) is 10.8. The molecule has 0 aliphatic heterocycles. The largest absolute Gasteiger partial charge is 0.326 e. The van der Waals surface area contributed by atoms with Crippen molar-refractivity contribution in [3.63, 3.8) is 0 Å². The van der Waals surface area contributed by atoms with E-state index in [0.29, 0.717) is 11.3 Å². The summed E-state index contributed by atoms with van der Waals surface area (Å²) in [5.41, 5.74) is 4.80. The zero-order valence-corrected chi connectivity index (χ0v) is 19.0. The molecular weight excluding hydrogens is 414 g/mol. The Hall–Kier alpha value is -3.97. The van der Waals surface area contributed by atoms with Crippen molar-refractivity contribution in [2.45, 2.75) is 13.5 Å². The molecule has 0 bridgehead atoms. The lowest BCUT2D eigenvalue weighted by Crippen LogP contribution is -2.18. The molecule has 33 heavy (non-hydrogen) atoms. The Labute approximate surface area is 193 Å². The number of nitrogens with zero attached hydrogens (tertiary/aromatic N) is 3. The van der Waals surface area contributed by atoms with Gasteiger partial charge >= 0.3 is 0 Å². The van der Waals surface area contributed by atoms with Crippen LogP contribution < -0.4 is 10.6 Å². The van der Waals surface area contributed by atoms with E-state index in [1.807, 2.05) is 74.8 Å².